The normalized spacial score (nSPS) is 12.4. The van der Waals surface area contributed by atoms with Crippen LogP contribution in [-0.2, 0) is 19.4 Å². The van der Waals surface area contributed by atoms with Crippen molar-refractivity contribution in [2.45, 2.75) is 37.8 Å². The molecule has 0 aliphatic carbocycles. The van der Waals surface area contributed by atoms with Crippen LogP contribution in [0.25, 0.3) is 0 Å². The molecule has 2 N–H and O–H groups in total. The number of carbonyl (C=O) groups excluding carboxylic acids is 3. The number of hydrogen-bond acceptors (Lipinski definition) is 6. The second-order valence-corrected chi connectivity index (χ2v) is 7.42. The minimum atomic E-state index is -3.63. The Balaban J connectivity index is 2.82. The Bertz CT molecular complexity index is 742. The second-order valence-electron chi connectivity index (χ2n) is 5.43. The lowest BCUT2D eigenvalue weighted by molar-refractivity contribution is -0.127. The van der Waals surface area contributed by atoms with Crippen LogP contribution in [-0.4, -0.2) is 44.7 Å². The summed E-state index contributed by atoms with van der Waals surface area (Å²) in [5.41, 5.74) is -0.175. The molecule has 1 rings (SSSR count). The number of ether oxygens (including phenoxy) is 1. The molecule has 0 aromatic heterocycles. The summed E-state index contributed by atoms with van der Waals surface area (Å²) in [5.74, 6) is -1.79. The van der Waals surface area contributed by atoms with E-state index < -0.39 is 33.8 Å². The number of amides is 3. The standard InChI is InChI=1S/C15H20N2O6S/c1-9(2)16-15(20)17-13(18)10(3)23-14(19)11-7-5-6-8-12(11)24(4,21)22/h5-10H,1-4H3,(H2,16,17,18,20)/t10-/m0/s1. The van der Waals surface area contributed by atoms with Crippen molar-refractivity contribution in [2.24, 2.45) is 0 Å². The number of urea groups is 1. The number of carbonyl (C=O) groups is 3. The molecule has 1 aromatic carbocycles. The molecule has 24 heavy (non-hydrogen) atoms. The lowest BCUT2D eigenvalue weighted by atomic mass is 10.2. The van der Waals surface area contributed by atoms with Crippen LogP contribution in [0.15, 0.2) is 29.2 Å². The molecular weight excluding hydrogens is 336 g/mol. The van der Waals surface area contributed by atoms with E-state index in [1.54, 1.807) is 13.8 Å². The zero-order chi connectivity index (χ0) is 18.5. The average molecular weight is 356 g/mol. The van der Waals surface area contributed by atoms with Crippen molar-refractivity contribution in [3.8, 4) is 0 Å². The lowest BCUT2D eigenvalue weighted by Gasteiger charge is -2.15. The molecule has 0 bridgehead atoms. The van der Waals surface area contributed by atoms with Crippen molar-refractivity contribution in [2.75, 3.05) is 6.26 Å². The number of benzene rings is 1. The summed E-state index contributed by atoms with van der Waals surface area (Å²) >= 11 is 0. The maximum Gasteiger partial charge on any atom is 0.340 e. The fourth-order valence-corrected chi connectivity index (χ4v) is 2.62. The van der Waals surface area contributed by atoms with Crippen molar-refractivity contribution in [3.05, 3.63) is 29.8 Å². The van der Waals surface area contributed by atoms with Crippen LogP contribution in [0.1, 0.15) is 31.1 Å². The number of sulfone groups is 1. The van der Waals surface area contributed by atoms with Gasteiger partial charge in [0.25, 0.3) is 5.91 Å². The molecule has 8 nitrogen and oxygen atoms in total. The van der Waals surface area contributed by atoms with Gasteiger partial charge in [0.1, 0.15) is 0 Å². The molecule has 9 heteroatoms. The minimum absolute atomic E-state index is 0.169. The van der Waals surface area contributed by atoms with Gasteiger partial charge in [-0.15, -0.1) is 0 Å². The highest BCUT2D eigenvalue weighted by Crippen LogP contribution is 2.17. The summed E-state index contributed by atoms with van der Waals surface area (Å²) in [7, 11) is -3.63. The number of hydrogen-bond donors (Lipinski definition) is 2. The topological polar surface area (TPSA) is 119 Å². The third-order valence-electron chi connectivity index (χ3n) is 2.82. The highest BCUT2D eigenvalue weighted by atomic mass is 32.2. The van der Waals surface area contributed by atoms with Gasteiger partial charge in [0.15, 0.2) is 15.9 Å². The van der Waals surface area contributed by atoms with Gasteiger partial charge in [-0.2, -0.15) is 0 Å². The third-order valence-corrected chi connectivity index (χ3v) is 3.97. The van der Waals surface area contributed by atoms with E-state index in [1.807, 2.05) is 5.32 Å². The molecule has 0 saturated heterocycles. The summed E-state index contributed by atoms with van der Waals surface area (Å²) < 4.78 is 28.3. The molecule has 1 atom stereocenters. The molecule has 0 heterocycles. The van der Waals surface area contributed by atoms with Crippen molar-refractivity contribution in [1.29, 1.82) is 0 Å². The SMILES string of the molecule is CC(C)NC(=O)NC(=O)[C@H](C)OC(=O)c1ccccc1S(C)(=O)=O. The van der Waals surface area contributed by atoms with Crippen LogP contribution in [0.5, 0.6) is 0 Å². The van der Waals surface area contributed by atoms with E-state index in [2.05, 4.69) is 5.32 Å². The smallest absolute Gasteiger partial charge is 0.340 e. The summed E-state index contributed by atoms with van der Waals surface area (Å²) in [5, 5.41) is 4.48. The summed E-state index contributed by atoms with van der Waals surface area (Å²) in [4.78, 5) is 35.2. The number of rotatable bonds is 5. The molecule has 0 spiro atoms. The van der Waals surface area contributed by atoms with E-state index in [0.717, 1.165) is 6.26 Å². The maximum atomic E-state index is 12.1. The molecule has 0 fully saturated rings. The van der Waals surface area contributed by atoms with E-state index in [-0.39, 0.29) is 16.5 Å². The summed E-state index contributed by atoms with van der Waals surface area (Å²) in [6.07, 6.45) is -0.311. The van der Waals surface area contributed by atoms with Gasteiger partial charge in [-0.1, -0.05) is 12.1 Å². The van der Waals surface area contributed by atoms with Gasteiger partial charge in [0.05, 0.1) is 10.5 Å². The summed E-state index contributed by atoms with van der Waals surface area (Å²) in [6, 6.07) is 4.62. The zero-order valence-corrected chi connectivity index (χ0v) is 14.6. The van der Waals surface area contributed by atoms with E-state index in [9.17, 15) is 22.8 Å². The predicted molar refractivity (Wildman–Crippen MR) is 86.2 cm³/mol. The van der Waals surface area contributed by atoms with Crippen LogP contribution in [0, 0.1) is 0 Å². The first kappa shape index (κ1) is 19.6. The first-order valence-electron chi connectivity index (χ1n) is 7.13. The highest BCUT2D eigenvalue weighted by Gasteiger charge is 2.24. The highest BCUT2D eigenvalue weighted by molar-refractivity contribution is 7.90. The van der Waals surface area contributed by atoms with Gasteiger partial charge in [-0.05, 0) is 32.9 Å². The Morgan fingerprint density at radius 2 is 1.67 bits per heavy atom. The molecule has 132 valence electrons. The van der Waals surface area contributed by atoms with Crippen LogP contribution >= 0.6 is 0 Å². The molecule has 0 saturated carbocycles. The monoisotopic (exact) mass is 356 g/mol. The number of imide groups is 1. The van der Waals surface area contributed by atoms with Gasteiger partial charge < -0.3 is 10.1 Å². The van der Waals surface area contributed by atoms with Gasteiger partial charge in [-0.25, -0.2) is 18.0 Å². The van der Waals surface area contributed by atoms with Crippen molar-refractivity contribution < 1.29 is 27.5 Å². The first-order chi connectivity index (χ1) is 11.0. The third kappa shape index (κ3) is 5.65. The quantitative estimate of drug-likeness (QED) is 0.756. The zero-order valence-electron chi connectivity index (χ0n) is 13.8. The van der Waals surface area contributed by atoms with Crippen molar-refractivity contribution in [1.82, 2.24) is 10.6 Å². The number of esters is 1. The Morgan fingerprint density at radius 3 is 2.21 bits per heavy atom. The van der Waals surface area contributed by atoms with Gasteiger partial charge in [-0.3, -0.25) is 10.1 Å². The first-order valence-corrected chi connectivity index (χ1v) is 9.03. The Morgan fingerprint density at radius 1 is 1.08 bits per heavy atom. The van der Waals surface area contributed by atoms with Crippen molar-refractivity contribution >= 4 is 27.7 Å². The van der Waals surface area contributed by atoms with Crippen LogP contribution in [0.2, 0.25) is 0 Å². The van der Waals surface area contributed by atoms with Crippen LogP contribution in [0.3, 0.4) is 0 Å². The largest absolute Gasteiger partial charge is 0.449 e. The lowest BCUT2D eigenvalue weighted by Crippen LogP contribution is -2.46. The molecule has 0 unspecified atom stereocenters. The Kier molecular flexibility index (Phi) is 6.47. The van der Waals surface area contributed by atoms with E-state index >= 15 is 0 Å². The minimum Gasteiger partial charge on any atom is -0.449 e. The van der Waals surface area contributed by atoms with Crippen molar-refractivity contribution in [3.63, 3.8) is 0 Å². The van der Waals surface area contributed by atoms with Crippen LogP contribution < -0.4 is 10.6 Å². The fraction of sp³-hybridized carbons (Fsp3) is 0.400. The molecular formula is C15H20N2O6S. The number of nitrogens with one attached hydrogen (secondary N) is 2. The molecule has 3 amide bonds. The van der Waals surface area contributed by atoms with Gasteiger partial charge >= 0.3 is 12.0 Å². The fourth-order valence-electron chi connectivity index (χ4n) is 1.75. The van der Waals surface area contributed by atoms with E-state index in [0.29, 0.717) is 0 Å². The van der Waals surface area contributed by atoms with Gasteiger partial charge in [0.2, 0.25) is 0 Å². The molecule has 0 aliphatic heterocycles. The predicted octanol–water partition coefficient (Wildman–Crippen LogP) is 0.870. The Labute approximate surface area is 140 Å². The second kappa shape index (κ2) is 7.91. The molecule has 0 radical (unpaired) electrons. The summed E-state index contributed by atoms with van der Waals surface area (Å²) in [6.45, 7) is 4.71. The molecule has 1 aromatic rings. The van der Waals surface area contributed by atoms with Gasteiger partial charge in [0, 0.05) is 12.3 Å². The van der Waals surface area contributed by atoms with Crippen LogP contribution in [0.4, 0.5) is 4.79 Å². The molecule has 0 aliphatic rings. The van der Waals surface area contributed by atoms with E-state index in [1.165, 1.54) is 31.2 Å². The average Bonchev–Trinajstić information content (AvgIpc) is 2.45. The Hall–Kier alpha value is -2.42. The maximum absolute atomic E-state index is 12.1. The van der Waals surface area contributed by atoms with E-state index in [4.69, 9.17) is 4.74 Å².